The summed E-state index contributed by atoms with van der Waals surface area (Å²) in [5.41, 5.74) is 4.59. The Kier molecular flexibility index (Phi) is 5.69. The maximum absolute atomic E-state index is 5.18. The Labute approximate surface area is 154 Å². The third-order valence-electron chi connectivity index (χ3n) is 4.19. The van der Waals surface area contributed by atoms with Gasteiger partial charge in [-0.3, -0.25) is 0 Å². The fourth-order valence-electron chi connectivity index (χ4n) is 2.66. The van der Waals surface area contributed by atoms with Crippen LogP contribution in [0.5, 0.6) is 5.75 Å². The number of hydrogen-bond donors (Lipinski definition) is 2. The highest BCUT2D eigenvalue weighted by Crippen LogP contribution is 2.15. The second-order valence-electron chi connectivity index (χ2n) is 6.20. The van der Waals surface area contributed by atoms with Crippen molar-refractivity contribution in [2.24, 2.45) is 0 Å². The minimum absolute atomic E-state index is 0.619. The summed E-state index contributed by atoms with van der Waals surface area (Å²) < 4.78 is 5.18. The first kappa shape index (κ1) is 17.7. The van der Waals surface area contributed by atoms with E-state index in [9.17, 15) is 0 Å². The third-order valence-corrected chi connectivity index (χ3v) is 4.19. The minimum Gasteiger partial charge on any atom is -0.497 e. The normalized spacial score (nSPS) is 10.4. The fraction of sp³-hybridized carbons (Fsp3) is 0.238. The van der Waals surface area contributed by atoms with E-state index in [4.69, 9.17) is 4.74 Å². The van der Waals surface area contributed by atoms with E-state index in [0.717, 1.165) is 29.4 Å². The van der Waals surface area contributed by atoms with Gasteiger partial charge in [0.25, 0.3) is 0 Å². The molecule has 2 aromatic carbocycles. The fourth-order valence-corrected chi connectivity index (χ4v) is 2.66. The molecule has 134 valence electrons. The van der Waals surface area contributed by atoms with Crippen LogP contribution in [-0.4, -0.2) is 17.1 Å². The Bertz CT molecular complexity index is 862. The molecule has 0 spiro atoms. The summed E-state index contributed by atoms with van der Waals surface area (Å²) in [6.45, 7) is 5.48. The van der Waals surface area contributed by atoms with Crippen LogP contribution in [-0.2, 0) is 13.1 Å². The van der Waals surface area contributed by atoms with Gasteiger partial charge in [0, 0.05) is 24.8 Å². The quantitative estimate of drug-likeness (QED) is 0.666. The van der Waals surface area contributed by atoms with E-state index >= 15 is 0 Å². The molecule has 5 nitrogen and oxygen atoms in total. The van der Waals surface area contributed by atoms with Gasteiger partial charge < -0.3 is 15.4 Å². The van der Waals surface area contributed by atoms with Gasteiger partial charge in [0.2, 0.25) is 5.95 Å². The Balaban J connectivity index is 1.64. The molecule has 0 aliphatic rings. The van der Waals surface area contributed by atoms with Crippen LogP contribution in [0.15, 0.2) is 54.6 Å². The maximum atomic E-state index is 5.18. The third kappa shape index (κ3) is 4.72. The van der Waals surface area contributed by atoms with Crippen LogP contribution in [0.2, 0.25) is 0 Å². The molecule has 1 aromatic heterocycles. The monoisotopic (exact) mass is 348 g/mol. The van der Waals surface area contributed by atoms with E-state index < -0.39 is 0 Å². The van der Waals surface area contributed by atoms with Gasteiger partial charge in [-0.25, -0.2) is 4.98 Å². The van der Waals surface area contributed by atoms with Crippen molar-refractivity contribution in [3.05, 3.63) is 77.0 Å². The molecule has 0 radical (unpaired) electrons. The van der Waals surface area contributed by atoms with Crippen molar-refractivity contribution in [3.8, 4) is 5.75 Å². The van der Waals surface area contributed by atoms with Crippen molar-refractivity contribution in [2.45, 2.75) is 26.9 Å². The second-order valence-corrected chi connectivity index (χ2v) is 6.20. The topological polar surface area (TPSA) is 59.1 Å². The van der Waals surface area contributed by atoms with E-state index in [1.807, 2.05) is 37.3 Å². The lowest BCUT2D eigenvalue weighted by atomic mass is 10.1. The van der Waals surface area contributed by atoms with Crippen LogP contribution < -0.4 is 15.4 Å². The second kappa shape index (κ2) is 8.34. The number of nitrogens with zero attached hydrogens (tertiary/aromatic N) is 2. The number of rotatable bonds is 7. The van der Waals surface area contributed by atoms with Crippen molar-refractivity contribution in [1.82, 2.24) is 9.97 Å². The SMILES string of the molecule is COc1ccc(CNc2nc(C)cc(NCc3ccccc3C)n2)cc1. The van der Waals surface area contributed by atoms with Gasteiger partial charge in [-0.2, -0.15) is 4.98 Å². The van der Waals surface area contributed by atoms with Crippen molar-refractivity contribution < 1.29 is 4.74 Å². The van der Waals surface area contributed by atoms with E-state index in [-0.39, 0.29) is 0 Å². The summed E-state index contributed by atoms with van der Waals surface area (Å²) in [4.78, 5) is 9.04. The van der Waals surface area contributed by atoms with Crippen LogP contribution in [0.1, 0.15) is 22.4 Å². The molecule has 5 heteroatoms. The van der Waals surface area contributed by atoms with Crippen LogP contribution in [0.25, 0.3) is 0 Å². The zero-order valence-corrected chi connectivity index (χ0v) is 15.4. The number of benzene rings is 2. The van der Waals surface area contributed by atoms with Crippen molar-refractivity contribution in [1.29, 1.82) is 0 Å². The van der Waals surface area contributed by atoms with E-state index in [0.29, 0.717) is 12.5 Å². The smallest absolute Gasteiger partial charge is 0.225 e. The number of anilines is 2. The molecule has 26 heavy (non-hydrogen) atoms. The first-order valence-electron chi connectivity index (χ1n) is 8.65. The molecule has 0 saturated heterocycles. The number of methoxy groups -OCH3 is 1. The zero-order chi connectivity index (χ0) is 18.4. The van der Waals surface area contributed by atoms with E-state index in [1.54, 1.807) is 7.11 Å². The summed E-state index contributed by atoms with van der Waals surface area (Å²) in [5, 5.41) is 6.67. The molecule has 0 amide bonds. The standard InChI is InChI=1S/C21H24N4O/c1-15-6-4-5-7-18(15)14-22-20-12-16(2)24-21(25-20)23-13-17-8-10-19(26-3)11-9-17/h4-12H,13-14H2,1-3H3,(H2,22,23,24,25). The van der Waals surface area contributed by atoms with Gasteiger partial charge in [-0.05, 0) is 42.7 Å². The zero-order valence-electron chi connectivity index (χ0n) is 15.4. The highest BCUT2D eigenvalue weighted by molar-refractivity contribution is 5.43. The largest absolute Gasteiger partial charge is 0.497 e. The molecule has 0 atom stereocenters. The summed E-state index contributed by atoms with van der Waals surface area (Å²) in [6.07, 6.45) is 0. The number of ether oxygens (including phenoxy) is 1. The van der Waals surface area contributed by atoms with Gasteiger partial charge in [-0.1, -0.05) is 36.4 Å². The van der Waals surface area contributed by atoms with Gasteiger partial charge in [0.15, 0.2) is 0 Å². The minimum atomic E-state index is 0.619. The van der Waals surface area contributed by atoms with Crippen LogP contribution in [0, 0.1) is 13.8 Å². The molecule has 3 rings (SSSR count). The summed E-state index contributed by atoms with van der Waals surface area (Å²) in [5.74, 6) is 2.29. The molecule has 0 fully saturated rings. The van der Waals surface area contributed by atoms with Crippen molar-refractivity contribution in [3.63, 3.8) is 0 Å². The number of aromatic nitrogens is 2. The van der Waals surface area contributed by atoms with Gasteiger partial charge in [-0.15, -0.1) is 0 Å². The molecular weight excluding hydrogens is 324 g/mol. The number of nitrogens with one attached hydrogen (secondary N) is 2. The molecular formula is C21H24N4O. The average Bonchev–Trinajstić information content (AvgIpc) is 2.66. The van der Waals surface area contributed by atoms with Crippen molar-refractivity contribution >= 4 is 11.8 Å². The van der Waals surface area contributed by atoms with Gasteiger partial charge in [0.1, 0.15) is 11.6 Å². The van der Waals surface area contributed by atoms with Crippen LogP contribution in [0.3, 0.4) is 0 Å². The molecule has 2 N–H and O–H groups in total. The highest BCUT2D eigenvalue weighted by atomic mass is 16.5. The predicted octanol–water partition coefficient (Wildman–Crippen LogP) is 4.33. The Morgan fingerprint density at radius 3 is 2.38 bits per heavy atom. The van der Waals surface area contributed by atoms with Crippen LogP contribution in [0.4, 0.5) is 11.8 Å². The molecule has 0 aliphatic heterocycles. The lowest BCUT2D eigenvalue weighted by Crippen LogP contribution is -2.08. The molecule has 3 aromatic rings. The molecule has 0 unspecified atom stereocenters. The highest BCUT2D eigenvalue weighted by Gasteiger charge is 2.04. The van der Waals surface area contributed by atoms with Crippen LogP contribution >= 0.6 is 0 Å². The number of aryl methyl sites for hydroxylation is 2. The van der Waals surface area contributed by atoms with E-state index in [2.05, 4.69) is 51.8 Å². The Morgan fingerprint density at radius 1 is 0.885 bits per heavy atom. The number of hydrogen-bond acceptors (Lipinski definition) is 5. The first-order chi connectivity index (χ1) is 12.6. The Morgan fingerprint density at radius 2 is 1.65 bits per heavy atom. The van der Waals surface area contributed by atoms with Gasteiger partial charge in [0.05, 0.1) is 7.11 Å². The molecule has 0 bridgehead atoms. The summed E-state index contributed by atoms with van der Waals surface area (Å²) in [6, 6.07) is 18.2. The van der Waals surface area contributed by atoms with E-state index in [1.165, 1.54) is 11.1 Å². The average molecular weight is 348 g/mol. The molecule has 0 aliphatic carbocycles. The summed E-state index contributed by atoms with van der Waals surface area (Å²) in [7, 11) is 1.67. The molecule has 1 heterocycles. The summed E-state index contributed by atoms with van der Waals surface area (Å²) >= 11 is 0. The lowest BCUT2D eigenvalue weighted by molar-refractivity contribution is 0.414. The van der Waals surface area contributed by atoms with Crippen molar-refractivity contribution in [2.75, 3.05) is 17.7 Å². The molecule has 0 saturated carbocycles. The predicted molar refractivity (Wildman–Crippen MR) is 106 cm³/mol. The Hall–Kier alpha value is -3.08. The van der Waals surface area contributed by atoms with Gasteiger partial charge >= 0.3 is 0 Å². The first-order valence-corrected chi connectivity index (χ1v) is 8.65. The lowest BCUT2D eigenvalue weighted by Gasteiger charge is -2.11. The maximum Gasteiger partial charge on any atom is 0.225 e.